The van der Waals surface area contributed by atoms with Crippen molar-refractivity contribution in [3.05, 3.63) is 77.9 Å². The van der Waals surface area contributed by atoms with Crippen LogP contribution in [0.3, 0.4) is 0 Å². The number of nitrogens with one attached hydrogen (secondary N) is 1. The van der Waals surface area contributed by atoms with Crippen LogP contribution in [-0.2, 0) is 6.42 Å². The van der Waals surface area contributed by atoms with Gasteiger partial charge in [-0.05, 0) is 31.7 Å². The summed E-state index contributed by atoms with van der Waals surface area (Å²) in [5.74, 6) is 1.38. The highest BCUT2D eigenvalue weighted by Crippen LogP contribution is 2.39. The molecule has 0 fully saturated rings. The van der Waals surface area contributed by atoms with Crippen molar-refractivity contribution in [3.8, 4) is 0 Å². The molecule has 2 atom stereocenters. The van der Waals surface area contributed by atoms with Crippen LogP contribution in [0.25, 0.3) is 0 Å². The number of rotatable bonds is 7. The van der Waals surface area contributed by atoms with E-state index in [0.717, 1.165) is 17.8 Å². The Morgan fingerprint density at radius 3 is 2.38 bits per heavy atom. The minimum Gasteiger partial charge on any atom is -0.338 e. The highest BCUT2D eigenvalue weighted by Gasteiger charge is 2.22. The Bertz CT molecular complexity index is 746. The fourth-order valence-corrected chi connectivity index (χ4v) is 3.43. The maximum Gasteiger partial charge on any atom is 0.244 e. The zero-order valence-electron chi connectivity index (χ0n) is 13.8. The van der Waals surface area contributed by atoms with Crippen LogP contribution >= 0.6 is 11.8 Å². The van der Waals surface area contributed by atoms with Gasteiger partial charge in [0, 0.05) is 17.4 Å². The fraction of sp³-hybridized carbons (Fsp3) is 0.263. The Morgan fingerprint density at radius 2 is 1.71 bits per heavy atom. The Morgan fingerprint density at radius 1 is 1.04 bits per heavy atom. The molecule has 5 heteroatoms. The van der Waals surface area contributed by atoms with Crippen LogP contribution in [0, 0.1) is 0 Å². The molecule has 1 heterocycles. The summed E-state index contributed by atoms with van der Waals surface area (Å²) in [4.78, 5) is 5.81. The second-order valence-electron chi connectivity index (χ2n) is 5.66. The van der Waals surface area contributed by atoms with Crippen molar-refractivity contribution < 1.29 is 4.52 Å². The summed E-state index contributed by atoms with van der Waals surface area (Å²) >= 11 is 1.72. The van der Waals surface area contributed by atoms with E-state index in [2.05, 4.69) is 46.6 Å². The van der Waals surface area contributed by atoms with Gasteiger partial charge in [0.2, 0.25) is 5.89 Å². The van der Waals surface area contributed by atoms with Gasteiger partial charge in [-0.1, -0.05) is 53.7 Å². The average Bonchev–Trinajstić information content (AvgIpc) is 3.09. The maximum absolute atomic E-state index is 5.59. The second-order valence-corrected chi connectivity index (χ2v) is 6.84. The van der Waals surface area contributed by atoms with Crippen molar-refractivity contribution in [1.82, 2.24) is 15.5 Å². The summed E-state index contributed by atoms with van der Waals surface area (Å²) in [7, 11) is 1.93. The molecule has 3 aromatic rings. The molecule has 0 bridgehead atoms. The van der Waals surface area contributed by atoms with Crippen LogP contribution in [0.2, 0.25) is 0 Å². The van der Waals surface area contributed by atoms with Gasteiger partial charge in [-0.25, -0.2) is 0 Å². The summed E-state index contributed by atoms with van der Waals surface area (Å²) in [5.41, 5.74) is 1.16. The van der Waals surface area contributed by atoms with E-state index >= 15 is 0 Å². The number of benzene rings is 2. The molecule has 0 aliphatic carbocycles. The van der Waals surface area contributed by atoms with Gasteiger partial charge in [-0.15, -0.1) is 11.8 Å². The van der Waals surface area contributed by atoms with Crippen LogP contribution in [0.5, 0.6) is 0 Å². The van der Waals surface area contributed by atoms with Crippen LogP contribution in [0.1, 0.15) is 29.5 Å². The lowest BCUT2D eigenvalue weighted by atomic mass is 10.1. The molecule has 2 unspecified atom stereocenters. The van der Waals surface area contributed by atoms with Crippen LogP contribution in [-0.4, -0.2) is 23.2 Å². The van der Waals surface area contributed by atoms with Crippen molar-refractivity contribution in [2.45, 2.75) is 29.5 Å². The molecule has 4 nitrogen and oxygen atoms in total. The molecule has 0 spiro atoms. The normalized spacial score (nSPS) is 13.6. The van der Waals surface area contributed by atoms with Crippen molar-refractivity contribution in [3.63, 3.8) is 0 Å². The predicted octanol–water partition coefficient (Wildman–Crippen LogP) is 4.10. The van der Waals surface area contributed by atoms with Crippen molar-refractivity contribution in [1.29, 1.82) is 0 Å². The highest BCUT2D eigenvalue weighted by atomic mass is 32.2. The van der Waals surface area contributed by atoms with E-state index in [1.54, 1.807) is 11.8 Å². The molecule has 1 N–H and O–H groups in total. The molecule has 0 aliphatic rings. The van der Waals surface area contributed by atoms with E-state index in [4.69, 9.17) is 4.52 Å². The average molecular weight is 339 g/mol. The Labute approximate surface area is 146 Å². The number of hydrogen-bond donors (Lipinski definition) is 1. The first-order valence-corrected chi connectivity index (χ1v) is 8.90. The Kier molecular flexibility index (Phi) is 5.67. The second kappa shape index (κ2) is 8.13. The summed E-state index contributed by atoms with van der Waals surface area (Å²) in [6.07, 6.45) is 0.748. The van der Waals surface area contributed by atoms with E-state index in [9.17, 15) is 0 Å². The number of thioether (sulfide) groups is 1. The quantitative estimate of drug-likeness (QED) is 0.657. The standard InChI is InChI=1S/C19H21N3OS/c1-14(20-2)13-17-21-19(23-22-17)18(15-9-5-3-6-10-15)24-16-11-7-4-8-12-16/h3-12,14,18,20H,13H2,1-2H3. The third-order valence-corrected chi connectivity index (χ3v) is 5.04. The van der Waals surface area contributed by atoms with Crippen LogP contribution < -0.4 is 5.32 Å². The smallest absolute Gasteiger partial charge is 0.244 e. The molecule has 124 valence electrons. The number of aromatic nitrogens is 2. The topological polar surface area (TPSA) is 51.0 Å². The lowest BCUT2D eigenvalue weighted by Crippen LogP contribution is -2.24. The van der Waals surface area contributed by atoms with Gasteiger partial charge >= 0.3 is 0 Å². The summed E-state index contributed by atoms with van der Waals surface area (Å²) in [6, 6.07) is 20.9. The monoisotopic (exact) mass is 339 g/mol. The van der Waals surface area contributed by atoms with E-state index in [0.29, 0.717) is 11.9 Å². The number of likely N-dealkylation sites (N-methyl/N-ethyl adjacent to an activating group) is 1. The van der Waals surface area contributed by atoms with E-state index in [-0.39, 0.29) is 5.25 Å². The molecular formula is C19H21N3OS. The van der Waals surface area contributed by atoms with Gasteiger partial charge in [0.05, 0.1) is 0 Å². The molecular weight excluding hydrogens is 318 g/mol. The van der Waals surface area contributed by atoms with Crippen LogP contribution in [0.15, 0.2) is 70.1 Å². The molecule has 1 aromatic heterocycles. The molecule has 0 radical (unpaired) electrons. The van der Waals surface area contributed by atoms with Crippen LogP contribution in [0.4, 0.5) is 0 Å². The zero-order valence-corrected chi connectivity index (χ0v) is 14.7. The highest BCUT2D eigenvalue weighted by molar-refractivity contribution is 7.99. The van der Waals surface area contributed by atoms with Gasteiger partial charge < -0.3 is 9.84 Å². The first-order chi connectivity index (χ1) is 11.8. The van der Waals surface area contributed by atoms with Crippen molar-refractivity contribution in [2.75, 3.05) is 7.05 Å². The maximum atomic E-state index is 5.59. The third kappa shape index (κ3) is 4.24. The molecule has 2 aromatic carbocycles. The van der Waals surface area contributed by atoms with Gasteiger partial charge in [0.1, 0.15) is 5.25 Å². The molecule has 0 aliphatic heterocycles. The van der Waals surface area contributed by atoms with Crippen molar-refractivity contribution >= 4 is 11.8 Å². The zero-order chi connectivity index (χ0) is 16.8. The lowest BCUT2D eigenvalue weighted by Gasteiger charge is -2.13. The fourth-order valence-electron chi connectivity index (χ4n) is 2.36. The molecule has 3 rings (SSSR count). The lowest BCUT2D eigenvalue weighted by molar-refractivity contribution is 0.375. The molecule has 0 amide bonds. The molecule has 24 heavy (non-hydrogen) atoms. The van der Waals surface area contributed by atoms with Gasteiger partial charge in [0.25, 0.3) is 0 Å². The third-order valence-electron chi connectivity index (χ3n) is 3.79. The van der Waals surface area contributed by atoms with E-state index < -0.39 is 0 Å². The Hall–Kier alpha value is -2.11. The van der Waals surface area contributed by atoms with Gasteiger partial charge in [-0.2, -0.15) is 4.98 Å². The number of nitrogens with zero attached hydrogens (tertiary/aromatic N) is 2. The largest absolute Gasteiger partial charge is 0.338 e. The first kappa shape index (κ1) is 16.7. The first-order valence-electron chi connectivity index (χ1n) is 8.02. The summed E-state index contributed by atoms with van der Waals surface area (Å²) in [5, 5.41) is 7.34. The van der Waals surface area contributed by atoms with E-state index in [1.165, 1.54) is 4.90 Å². The Balaban J connectivity index is 1.87. The SMILES string of the molecule is CNC(C)Cc1noc(C(Sc2ccccc2)c2ccccc2)n1. The molecule has 0 saturated carbocycles. The summed E-state index contributed by atoms with van der Waals surface area (Å²) < 4.78 is 5.59. The predicted molar refractivity (Wildman–Crippen MR) is 97.1 cm³/mol. The van der Waals surface area contributed by atoms with Gasteiger partial charge in [0.15, 0.2) is 5.82 Å². The van der Waals surface area contributed by atoms with E-state index in [1.807, 2.05) is 43.4 Å². The van der Waals surface area contributed by atoms with Crippen molar-refractivity contribution in [2.24, 2.45) is 0 Å². The minimum atomic E-state index is -0.0141. The minimum absolute atomic E-state index is 0.0141. The molecule has 0 saturated heterocycles. The number of hydrogen-bond acceptors (Lipinski definition) is 5. The summed E-state index contributed by atoms with van der Waals surface area (Å²) in [6.45, 7) is 2.10. The van der Waals surface area contributed by atoms with Gasteiger partial charge in [-0.3, -0.25) is 0 Å².